The molecule has 1 rings (SSSR count). The van der Waals surface area contributed by atoms with E-state index >= 15 is 0 Å². The van der Waals surface area contributed by atoms with Crippen molar-refractivity contribution in [1.29, 1.82) is 0 Å². The largest absolute Gasteiger partial charge is 0.409 e. The van der Waals surface area contributed by atoms with Crippen molar-refractivity contribution in [2.45, 2.75) is 52.5 Å². The Morgan fingerprint density at radius 2 is 1.95 bits per heavy atom. The predicted molar refractivity (Wildman–Crippen MR) is 88.7 cm³/mol. The molecule has 0 amide bonds. The number of nitrogens with two attached hydrogens (primary N) is 1. The number of benzene rings is 1. The third kappa shape index (κ3) is 6.63. The molecule has 0 fully saturated rings. The normalized spacial score (nSPS) is 14.1. The molecule has 21 heavy (non-hydrogen) atoms. The van der Waals surface area contributed by atoms with Gasteiger partial charge < -0.3 is 16.3 Å². The van der Waals surface area contributed by atoms with Gasteiger partial charge in [0, 0.05) is 11.5 Å². The lowest BCUT2D eigenvalue weighted by Gasteiger charge is -2.22. The lowest BCUT2D eigenvalue weighted by atomic mass is 9.86. The molecule has 1 unspecified atom stereocenters. The van der Waals surface area contributed by atoms with Crippen LogP contribution in [0.3, 0.4) is 0 Å². The van der Waals surface area contributed by atoms with Crippen molar-refractivity contribution in [1.82, 2.24) is 5.32 Å². The smallest absolute Gasteiger partial charge is 0.144 e. The summed E-state index contributed by atoms with van der Waals surface area (Å²) in [5, 5.41) is 15.4. The fourth-order valence-corrected chi connectivity index (χ4v) is 2.34. The number of hydrogen-bond acceptors (Lipinski definition) is 3. The summed E-state index contributed by atoms with van der Waals surface area (Å²) in [5.41, 5.74) is 6.82. The highest BCUT2D eigenvalue weighted by molar-refractivity contribution is 5.85. The first-order chi connectivity index (χ1) is 9.95. The molecule has 4 nitrogen and oxygen atoms in total. The maximum atomic E-state index is 8.74. The van der Waals surface area contributed by atoms with E-state index in [0.717, 1.165) is 32.2 Å². The molecule has 1 aromatic rings. The SMILES string of the molecule is CC(Cc1ccccc1)NCCCCC(C)(C)/C(N)=N/O. The van der Waals surface area contributed by atoms with Crippen molar-refractivity contribution < 1.29 is 5.21 Å². The first-order valence-electron chi connectivity index (χ1n) is 7.71. The van der Waals surface area contributed by atoms with Crippen LogP contribution in [0.5, 0.6) is 0 Å². The van der Waals surface area contributed by atoms with Gasteiger partial charge in [0.1, 0.15) is 5.84 Å². The van der Waals surface area contributed by atoms with Gasteiger partial charge in [0.05, 0.1) is 0 Å². The molecule has 0 heterocycles. The van der Waals surface area contributed by atoms with Crippen LogP contribution in [0.2, 0.25) is 0 Å². The number of oxime groups is 1. The van der Waals surface area contributed by atoms with E-state index in [1.165, 1.54) is 5.56 Å². The van der Waals surface area contributed by atoms with Gasteiger partial charge in [-0.3, -0.25) is 0 Å². The minimum absolute atomic E-state index is 0.232. The Labute approximate surface area is 128 Å². The quantitative estimate of drug-likeness (QED) is 0.215. The monoisotopic (exact) mass is 291 g/mol. The van der Waals surface area contributed by atoms with Gasteiger partial charge in [0.2, 0.25) is 0 Å². The van der Waals surface area contributed by atoms with Crippen LogP contribution in [0.4, 0.5) is 0 Å². The van der Waals surface area contributed by atoms with Gasteiger partial charge in [-0.1, -0.05) is 55.8 Å². The molecule has 1 aromatic carbocycles. The molecular formula is C17H29N3O. The average Bonchev–Trinajstić information content (AvgIpc) is 2.46. The van der Waals surface area contributed by atoms with Crippen molar-refractivity contribution in [3.63, 3.8) is 0 Å². The van der Waals surface area contributed by atoms with Crippen LogP contribution in [0.15, 0.2) is 35.5 Å². The van der Waals surface area contributed by atoms with Crippen molar-refractivity contribution >= 4 is 5.84 Å². The zero-order valence-electron chi connectivity index (χ0n) is 13.5. The van der Waals surface area contributed by atoms with E-state index in [1.54, 1.807) is 0 Å². The fraction of sp³-hybridized carbons (Fsp3) is 0.588. The van der Waals surface area contributed by atoms with Gasteiger partial charge in [0.25, 0.3) is 0 Å². The summed E-state index contributed by atoms with van der Waals surface area (Å²) in [6.45, 7) is 7.23. The van der Waals surface area contributed by atoms with Crippen molar-refractivity contribution in [2.75, 3.05) is 6.54 Å². The molecule has 4 heteroatoms. The molecule has 0 bridgehead atoms. The second-order valence-electron chi connectivity index (χ2n) is 6.37. The van der Waals surface area contributed by atoms with Crippen molar-refractivity contribution in [3.05, 3.63) is 35.9 Å². The summed E-state index contributed by atoms with van der Waals surface area (Å²) >= 11 is 0. The zero-order valence-corrected chi connectivity index (χ0v) is 13.5. The first kappa shape index (κ1) is 17.5. The van der Waals surface area contributed by atoms with E-state index in [2.05, 4.69) is 41.7 Å². The van der Waals surface area contributed by atoms with Gasteiger partial charge in [-0.05, 0) is 38.3 Å². The van der Waals surface area contributed by atoms with Crippen LogP contribution in [0, 0.1) is 5.41 Å². The number of nitrogens with one attached hydrogen (secondary N) is 1. The summed E-state index contributed by atoms with van der Waals surface area (Å²) in [5.74, 6) is 0.313. The summed E-state index contributed by atoms with van der Waals surface area (Å²) in [6, 6.07) is 11.0. The molecule has 118 valence electrons. The molecule has 0 saturated heterocycles. The third-order valence-electron chi connectivity index (χ3n) is 3.91. The molecule has 0 spiro atoms. The highest BCUT2D eigenvalue weighted by Gasteiger charge is 2.22. The number of nitrogens with zero attached hydrogens (tertiary/aromatic N) is 1. The molecule has 0 aliphatic heterocycles. The molecule has 0 aromatic heterocycles. The first-order valence-corrected chi connectivity index (χ1v) is 7.71. The van der Waals surface area contributed by atoms with Crippen LogP contribution in [0.1, 0.15) is 45.6 Å². The van der Waals surface area contributed by atoms with Crippen LogP contribution in [0.25, 0.3) is 0 Å². The van der Waals surface area contributed by atoms with Crippen molar-refractivity contribution in [3.8, 4) is 0 Å². The van der Waals surface area contributed by atoms with Gasteiger partial charge in [0.15, 0.2) is 0 Å². The maximum Gasteiger partial charge on any atom is 0.144 e. The average molecular weight is 291 g/mol. The minimum Gasteiger partial charge on any atom is -0.409 e. The van der Waals surface area contributed by atoms with E-state index in [4.69, 9.17) is 10.9 Å². The Morgan fingerprint density at radius 1 is 1.29 bits per heavy atom. The summed E-state index contributed by atoms with van der Waals surface area (Å²) < 4.78 is 0. The summed E-state index contributed by atoms with van der Waals surface area (Å²) in [7, 11) is 0. The lowest BCUT2D eigenvalue weighted by molar-refractivity contribution is 0.304. The second kappa shape index (κ2) is 8.67. The van der Waals surface area contributed by atoms with E-state index in [0.29, 0.717) is 11.9 Å². The van der Waals surface area contributed by atoms with Gasteiger partial charge >= 0.3 is 0 Å². The third-order valence-corrected chi connectivity index (χ3v) is 3.91. The lowest BCUT2D eigenvalue weighted by Crippen LogP contribution is -2.32. The highest BCUT2D eigenvalue weighted by Crippen LogP contribution is 2.23. The summed E-state index contributed by atoms with van der Waals surface area (Å²) in [4.78, 5) is 0. The Kier molecular flexibility index (Phi) is 7.23. The number of amidine groups is 1. The fourth-order valence-electron chi connectivity index (χ4n) is 2.34. The van der Waals surface area contributed by atoms with E-state index in [-0.39, 0.29) is 5.41 Å². The van der Waals surface area contributed by atoms with E-state index in [1.807, 2.05) is 19.9 Å². The van der Waals surface area contributed by atoms with Gasteiger partial charge in [-0.15, -0.1) is 0 Å². The summed E-state index contributed by atoms with van der Waals surface area (Å²) in [6.07, 6.45) is 4.14. The minimum atomic E-state index is -0.232. The molecule has 0 saturated carbocycles. The second-order valence-corrected chi connectivity index (χ2v) is 6.37. The molecule has 4 N–H and O–H groups in total. The Balaban J connectivity index is 2.17. The number of unbranched alkanes of at least 4 members (excludes halogenated alkanes) is 1. The van der Waals surface area contributed by atoms with Gasteiger partial charge in [-0.25, -0.2) is 0 Å². The van der Waals surface area contributed by atoms with Crippen LogP contribution < -0.4 is 11.1 Å². The van der Waals surface area contributed by atoms with Crippen molar-refractivity contribution in [2.24, 2.45) is 16.3 Å². The van der Waals surface area contributed by atoms with E-state index < -0.39 is 0 Å². The molecule has 1 atom stereocenters. The highest BCUT2D eigenvalue weighted by atomic mass is 16.4. The topological polar surface area (TPSA) is 70.6 Å². The predicted octanol–water partition coefficient (Wildman–Crippen LogP) is 3.15. The molecular weight excluding hydrogens is 262 g/mol. The van der Waals surface area contributed by atoms with E-state index in [9.17, 15) is 0 Å². The number of hydrogen-bond donors (Lipinski definition) is 3. The maximum absolute atomic E-state index is 8.74. The number of rotatable bonds is 9. The molecule has 0 aliphatic carbocycles. The zero-order chi connectivity index (χ0) is 15.7. The Bertz CT molecular complexity index is 429. The van der Waals surface area contributed by atoms with Crippen LogP contribution in [-0.2, 0) is 6.42 Å². The molecule has 0 aliphatic rings. The van der Waals surface area contributed by atoms with Crippen LogP contribution >= 0.6 is 0 Å². The Hall–Kier alpha value is -1.55. The Morgan fingerprint density at radius 3 is 2.57 bits per heavy atom. The van der Waals surface area contributed by atoms with Gasteiger partial charge in [-0.2, -0.15) is 0 Å². The molecule has 0 radical (unpaired) electrons. The standard InChI is InChI=1S/C17H29N3O/c1-14(13-15-9-5-4-6-10-15)19-12-8-7-11-17(2,3)16(18)20-21/h4-6,9-10,14,19,21H,7-8,11-13H2,1-3H3,(H2,18,20). The van der Waals surface area contributed by atoms with Crippen LogP contribution in [-0.4, -0.2) is 23.6 Å².